The van der Waals surface area contributed by atoms with Gasteiger partial charge in [0.15, 0.2) is 0 Å². The van der Waals surface area contributed by atoms with Gasteiger partial charge in [0.1, 0.15) is 0 Å². The van der Waals surface area contributed by atoms with E-state index in [1.54, 1.807) is 0 Å². The van der Waals surface area contributed by atoms with Gasteiger partial charge in [-0.3, -0.25) is 4.68 Å². The fraction of sp³-hybridized carbons (Fsp3) is 0.786. The summed E-state index contributed by atoms with van der Waals surface area (Å²) in [6.45, 7) is 9.81. The molecule has 1 rings (SSSR count). The molecule has 98 valence electrons. The van der Waals surface area contributed by atoms with Crippen molar-refractivity contribution in [3.8, 4) is 0 Å². The molecule has 0 fully saturated rings. The van der Waals surface area contributed by atoms with Crippen LogP contribution in [-0.4, -0.2) is 16.3 Å². The van der Waals surface area contributed by atoms with Gasteiger partial charge < -0.3 is 5.32 Å². The maximum Gasteiger partial charge on any atom is 0.0597 e. The molecule has 3 nitrogen and oxygen atoms in total. The van der Waals surface area contributed by atoms with Crippen molar-refractivity contribution in [2.24, 2.45) is 13.0 Å². The maximum absolute atomic E-state index is 4.43. The number of aryl methyl sites for hydroxylation is 2. The first-order valence-electron chi connectivity index (χ1n) is 6.78. The number of hydrogen-bond acceptors (Lipinski definition) is 2. The van der Waals surface area contributed by atoms with E-state index >= 15 is 0 Å². The second kappa shape index (κ2) is 6.80. The topological polar surface area (TPSA) is 29.9 Å². The summed E-state index contributed by atoms with van der Waals surface area (Å²) in [5.74, 6) is 0.797. The van der Waals surface area contributed by atoms with Crippen molar-refractivity contribution in [1.82, 2.24) is 15.1 Å². The molecule has 1 unspecified atom stereocenters. The standard InChI is InChI=1S/C14H27N3/c1-6-15-13(9-7-8-11(2)3)14-10-12(4)16-17(14)5/h10-11,13,15H,6-9H2,1-5H3. The van der Waals surface area contributed by atoms with Crippen LogP contribution in [-0.2, 0) is 7.05 Å². The Morgan fingerprint density at radius 2 is 2.06 bits per heavy atom. The molecule has 3 heteroatoms. The number of hydrogen-bond donors (Lipinski definition) is 1. The summed E-state index contributed by atoms with van der Waals surface area (Å²) >= 11 is 0. The molecule has 0 aliphatic rings. The van der Waals surface area contributed by atoms with Crippen LogP contribution in [0.25, 0.3) is 0 Å². The van der Waals surface area contributed by atoms with Crippen LogP contribution in [0.1, 0.15) is 57.5 Å². The molecule has 1 aromatic rings. The van der Waals surface area contributed by atoms with Gasteiger partial charge in [0.05, 0.1) is 11.4 Å². The van der Waals surface area contributed by atoms with E-state index in [9.17, 15) is 0 Å². The molecule has 0 radical (unpaired) electrons. The quantitative estimate of drug-likeness (QED) is 0.789. The van der Waals surface area contributed by atoms with E-state index in [0.717, 1.165) is 18.2 Å². The third-order valence-electron chi connectivity index (χ3n) is 3.12. The summed E-state index contributed by atoms with van der Waals surface area (Å²) < 4.78 is 2.01. The first kappa shape index (κ1) is 14.2. The molecule has 1 heterocycles. The highest BCUT2D eigenvalue weighted by molar-refractivity contribution is 5.13. The number of nitrogens with one attached hydrogen (secondary N) is 1. The molecule has 1 N–H and O–H groups in total. The molecule has 0 aromatic carbocycles. The minimum atomic E-state index is 0.449. The second-order valence-corrected chi connectivity index (χ2v) is 5.27. The summed E-state index contributed by atoms with van der Waals surface area (Å²) in [5.41, 5.74) is 2.42. The van der Waals surface area contributed by atoms with Crippen LogP contribution in [0, 0.1) is 12.8 Å². The Bertz CT molecular complexity index is 328. The van der Waals surface area contributed by atoms with Crippen molar-refractivity contribution in [2.45, 2.75) is 53.0 Å². The summed E-state index contributed by atoms with van der Waals surface area (Å²) in [6.07, 6.45) is 3.78. The first-order valence-corrected chi connectivity index (χ1v) is 6.78. The summed E-state index contributed by atoms with van der Waals surface area (Å²) in [6, 6.07) is 2.65. The monoisotopic (exact) mass is 237 g/mol. The first-order chi connectivity index (χ1) is 8.04. The SMILES string of the molecule is CCNC(CCCC(C)C)c1cc(C)nn1C. The van der Waals surface area contributed by atoms with Gasteiger partial charge in [0, 0.05) is 13.1 Å². The molecule has 17 heavy (non-hydrogen) atoms. The van der Waals surface area contributed by atoms with Gasteiger partial charge in [0.25, 0.3) is 0 Å². The summed E-state index contributed by atoms with van der Waals surface area (Å²) in [5, 5.41) is 8.00. The van der Waals surface area contributed by atoms with E-state index in [4.69, 9.17) is 0 Å². The van der Waals surface area contributed by atoms with Crippen LogP contribution in [0.4, 0.5) is 0 Å². The molecule has 0 spiro atoms. The Labute approximate surface area is 106 Å². The lowest BCUT2D eigenvalue weighted by Gasteiger charge is -2.18. The highest BCUT2D eigenvalue weighted by atomic mass is 15.3. The molecule has 0 bridgehead atoms. The molecular weight excluding hydrogens is 210 g/mol. The van der Waals surface area contributed by atoms with Crippen LogP contribution < -0.4 is 5.32 Å². The van der Waals surface area contributed by atoms with E-state index < -0.39 is 0 Å². The summed E-state index contributed by atoms with van der Waals surface area (Å²) in [7, 11) is 2.04. The highest BCUT2D eigenvalue weighted by Crippen LogP contribution is 2.21. The van der Waals surface area contributed by atoms with Gasteiger partial charge in [0.2, 0.25) is 0 Å². The lowest BCUT2D eigenvalue weighted by atomic mass is 10.0. The van der Waals surface area contributed by atoms with Crippen molar-refractivity contribution in [1.29, 1.82) is 0 Å². The van der Waals surface area contributed by atoms with Gasteiger partial charge in [-0.2, -0.15) is 5.10 Å². The molecule has 0 aliphatic carbocycles. The predicted molar refractivity (Wildman–Crippen MR) is 73.1 cm³/mol. The largest absolute Gasteiger partial charge is 0.309 e. The van der Waals surface area contributed by atoms with Crippen LogP contribution in [0.2, 0.25) is 0 Å². The van der Waals surface area contributed by atoms with Crippen molar-refractivity contribution in [2.75, 3.05) is 6.54 Å². The molecule has 0 amide bonds. The van der Waals surface area contributed by atoms with Crippen molar-refractivity contribution in [3.63, 3.8) is 0 Å². The zero-order chi connectivity index (χ0) is 12.8. The number of nitrogens with zero attached hydrogens (tertiary/aromatic N) is 2. The van der Waals surface area contributed by atoms with Crippen molar-refractivity contribution in [3.05, 3.63) is 17.5 Å². The van der Waals surface area contributed by atoms with E-state index in [0.29, 0.717) is 6.04 Å². The van der Waals surface area contributed by atoms with Gasteiger partial charge in [-0.25, -0.2) is 0 Å². The smallest absolute Gasteiger partial charge is 0.0597 e. The molecule has 0 aliphatic heterocycles. The van der Waals surface area contributed by atoms with Crippen molar-refractivity contribution < 1.29 is 0 Å². The van der Waals surface area contributed by atoms with Gasteiger partial charge in [-0.15, -0.1) is 0 Å². The molecule has 0 saturated heterocycles. The van der Waals surface area contributed by atoms with Crippen LogP contribution >= 0.6 is 0 Å². The minimum absolute atomic E-state index is 0.449. The van der Waals surface area contributed by atoms with E-state index in [1.807, 2.05) is 11.7 Å². The predicted octanol–water partition coefficient (Wildman–Crippen LogP) is 3.21. The fourth-order valence-corrected chi connectivity index (χ4v) is 2.29. The Balaban J connectivity index is 2.61. The normalized spacial score (nSPS) is 13.3. The Morgan fingerprint density at radius 3 is 2.53 bits per heavy atom. The number of aromatic nitrogens is 2. The highest BCUT2D eigenvalue weighted by Gasteiger charge is 2.14. The zero-order valence-electron chi connectivity index (χ0n) is 12.0. The van der Waals surface area contributed by atoms with Gasteiger partial charge in [-0.05, 0) is 31.9 Å². The summed E-state index contributed by atoms with van der Waals surface area (Å²) in [4.78, 5) is 0. The van der Waals surface area contributed by atoms with E-state index in [2.05, 4.69) is 44.2 Å². The van der Waals surface area contributed by atoms with Crippen LogP contribution in [0.5, 0.6) is 0 Å². The van der Waals surface area contributed by atoms with Gasteiger partial charge in [-0.1, -0.05) is 33.6 Å². The Morgan fingerprint density at radius 1 is 1.35 bits per heavy atom. The lowest BCUT2D eigenvalue weighted by molar-refractivity contribution is 0.436. The molecular formula is C14H27N3. The van der Waals surface area contributed by atoms with Gasteiger partial charge >= 0.3 is 0 Å². The average molecular weight is 237 g/mol. The number of rotatable bonds is 7. The van der Waals surface area contributed by atoms with E-state index in [-0.39, 0.29) is 0 Å². The Kier molecular flexibility index (Phi) is 5.69. The van der Waals surface area contributed by atoms with Crippen molar-refractivity contribution >= 4 is 0 Å². The van der Waals surface area contributed by atoms with E-state index in [1.165, 1.54) is 25.0 Å². The van der Waals surface area contributed by atoms with Crippen LogP contribution in [0.15, 0.2) is 6.07 Å². The molecule has 1 atom stereocenters. The maximum atomic E-state index is 4.43. The average Bonchev–Trinajstić information content (AvgIpc) is 2.56. The lowest BCUT2D eigenvalue weighted by Crippen LogP contribution is -2.23. The zero-order valence-corrected chi connectivity index (χ0v) is 12.0. The van der Waals surface area contributed by atoms with Crippen LogP contribution in [0.3, 0.4) is 0 Å². The Hall–Kier alpha value is -0.830. The molecule has 0 saturated carbocycles. The third-order valence-corrected chi connectivity index (χ3v) is 3.12. The molecule has 1 aromatic heterocycles. The second-order valence-electron chi connectivity index (χ2n) is 5.27. The fourth-order valence-electron chi connectivity index (χ4n) is 2.29. The third kappa shape index (κ3) is 4.50. The minimum Gasteiger partial charge on any atom is -0.309 e.